The number of aliphatic carboxylic acids is 1. The molecular weight excluding hydrogens is 252 g/mol. The van der Waals surface area contributed by atoms with Gasteiger partial charge in [-0.15, -0.1) is 0 Å². The van der Waals surface area contributed by atoms with Crippen molar-refractivity contribution in [3.8, 4) is 0 Å². The van der Waals surface area contributed by atoms with Crippen LogP contribution in [0.1, 0.15) is 18.4 Å². The summed E-state index contributed by atoms with van der Waals surface area (Å²) in [5.74, 6) is -1.26. The molecule has 1 unspecified atom stereocenters. The van der Waals surface area contributed by atoms with E-state index in [1.165, 1.54) is 0 Å². The van der Waals surface area contributed by atoms with Crippen LogP contribution < -0.4 is 0 Å². The van der Waals surface area contributed by atoms with Crippen molar-refractivity contribution in [2.75, 3.05) is 0 Å². The fraction of sp³-hybridized carbons (Fsp3) is 0.294. The van der Waals surface area contributed by atoms with E-state index in [-0.39, 0.29) is 11.7 Å². The lowest BCUT2D eigenvalue weighted by Crippen LogP contribution is -2.23. The highest BCUT2D eigenvalue weighted by atomic mass is 16.4. The second-order valence-electron chi connectivity index (χ2n) is 5.82. The monoisotopic (exact) mass is 266 g/mol. The zero-order chi connectivity index (χ0) is 13.9. The van der Waals surface area contributed by atoms with Crippen molar-refractivity contribution in [1.29, 1.82) is 0 Å². The number of ketones is 1. The topological polar surface area (TPSA) is 54.4 Å². The molecule has 20 heavy (non-hydrogen) atoms. The Balaban J connectivity index is 1.89. The summed E-state index contributed by atoms with van der Waals surface area (Å²) in [5, 5.41) is 11.5. The number of hydrogen-bond donors (Lipinski definition) is 1. The van der Waals surface area contributed by atoms with Crippen molar-refractivity contribution in [3.05, 3.63) is 48.0 Å². The van der Waals surface area contributed by atoms with Crippen LogP contribution in [0.15, 0.2) is 42.5 Å². The highest BCUT2D eigenvalue weighted by molar-refractivity contribution is 6.04. The molecular formula is C17H14O3. The van der Waals surface area contributed by atoms with E-state index in [2.05, 4.69) is 0 Å². The summed E-state index contributed by atoms with van der Waals surface area (Å²) in [7, 11) is 0. The van der Waals surface area contributed by atoms with Crippen LogP contribution in [0.2, 0.25) is 0 Å². The first-order chi connectivity index (χ1) is 9.65. The molecule has 0 bridgehead atoms. The fourth-order valence-electron chi connectivity index (χ4n) is 4.10. The van der Waals surface area contributed by atoms with E-state index in [4.69, 9.17) is 0 Å². The Morgan fingerprint density at radius 1 is 1.15 bits per heavy atom. The molecule has 0 aliphatic heterocycles. The van der Waals surface area contributed by atoms with Gasteiger partial charge in [0.1, 0.15) is 5.78 Å². The molecule has 3 heteroatoms. The SMILES string of the molecule is O=C(O)[C@H]1C2CCC(=O)[C@@]21c1ccc2ccccc2c1. The Morgan fingerprint density at radius 3 is 2.60 bits per heavy atom. The molecule has 2 aromatic carbocycles. The van der Waals surface area contributed by atoms with E-state index >= 15 is 0 Å². The molecule has 2 aromatic rings. The highest BCUT2D eigenvalue weighted by Crippen LogP contribution is 2.67. The standard InChI is InChI=1S/C17H14O3/c18-14-8-7-13-15(16(19)20)17(13,14)12-6-5-10-3-1-2-4-11(10)9-12/h1-6,9,13,15H,7-8H2,(H,19,20)/t13?,15-,17-/m1/s1. The Bertz CT molecular complexity index is 749. The number of carbonyl (C=O) groups is 2. The number of carboxylic acids is 1. The summed E-state index contributed by atoms with van der Waals surface area (Å²) in [6.45, 7) is 0. The van der Waals surface area contributed by atoms with Crippen molar-refractivity contribution in [1.82, 2.24) is 0 Å². The van der Waals surface area contributed by atoms with Crippen LogP contribution >= 0.6 is 0 Å². The lowest BCUT2D eigenvalue weighted by molar-refractivity contribution is -0.141. The third kappa shape index (κ3) is 1.25. The minimum absolute atomic E-state index is 0.00587. The predicted molar refractivity (Wildman–Crippen MR) is 74.5 cm³/mol. The number of fused-ring (bicyclic) bond motifs is 2. The van der Waals surface area contributed by atoms with E-state index in [9.17, 15) is 14.7 Å². The smallest absolute Gasteiger partial charge is 0.308 e. The van der Waals surface area contributed by atoms with Gasteiger partial charge in [-0.3, -0.25) is 9.59 Å². The van der Waals surface area contributed by atoms with Gasteiger partial charge >= 0.3 is 5.97 Å². The van der Waals surface area contributed by atoms with Crippen LogP contribution in [0, 0.1) is 11.8 Å². The normalized spacial score (nSPS) is 31.3. The molecule has 3 nitrogen and oxygen atoms in total. The first kappa shape index (κ1) is 11.6. The van der Waals surface area contributed by atoms with Crippen LogP contribution in [-0.2, 0) is 15.0 Å². The summed E-state index contributed by atoms with van der Waals surface area (Å²) in [6, 6.07) is 13.9. The van der Waals surface area contributed by atoms with Gasteiger partial charge in [0.15, 0.2) is 0 Å². The summed E-state index contributed by atoms with van der Waals surface area (Å²) in [4.78, 5) is 23.7. The molecule has 0 aromatic heterocycles. The van der Waals surface area contributed by atoms with Crippen molar-refractivity contribution in [3.63, 3.8) is 0 Å². The van der Waals surface area contributed by atoms with Gasteiger partial charge < -0.3 is 5.11 Å². The average Bonchev–Trinajstić information content (AvgIpc) is 3.04. The lowest BCUT2D eigenvalue weighted by atomic mass is 9.88. The molecule has 2 saturated carbocycles. The van der Waals surface area contributed by atoms with E-state index in [0.29, 0.717) is 12.8 Å². The van der Waals surface area contributed by atoms with E-state index in [1.54, 1.807) is 0 Å². The quantitative estimate of drug-likeness (QED) is 0.909. The Kier molecular flexibility index (Phi) is 2.15. The molecule has 0 saturated heterocycles. The molecule has 3 atom stereocenters. The zero-order valence-corrected chi connectivity index (χ0v) is 10.9. The van der Waals surface area contributed by atoms with Crippen molar-refractivity contribution in [2.24, 2.45) is 11.8 Å². The van der Waals surface area contributed by atoms with Gasteiger partial charge in [-0.05, 0) is 28.7 Å². The van der Waals surface area contributed by atoms with Gasteiger partial charge in [0.05, 0.1) is 11.3 Å². The maximum atomic E-state index is 12.3. The van der Waals surface area contributed by atoms with Gasteiger partial charge in [0, 0.05) is 6.42 Å². The van der Waals surface area contributed by atoms with Crippen molar-refractivity contribution >= 4 is 22.5 Å². The number of benzene rings is 2. The first-order valence-electron chi connectivity index (χ1n) is 6.91. The number of rotatable bonds is 2. The van der Waals surface area contributed by atoms with Gasteiger partial charge in [-0.25, -0.2) is 0 Å². The van der Waals surface area contributed by atoms with Crippen molar-refractivity contribution < 1.29 is 14.7 Å². The fourth-order valence-corrected chi connectivity index (χ4v) is 4.10. The maximum absolute atomic E-state index is 12.3. The molecule has 0 heterocycles. The molecule has 2 fully saturated rings. The molecule has 2 aliphatic rings. The molecule has 0 spiro atoms. The van der Waals surface area contributed by atoms with E-state index < -0.39 is 17.3 Å². The summed E-state index contributed by atoms with van der Waals surface area (Å²) >= 11 is 0. The van der Waals surface area contributed by atoms with Gasteiger partial charge in [-0.1, -0.05) is 42.5 Å². The van der Waals surface area contributed by atoms with Crippen LogP contribution in [0.4, 0.5) is 0 Å². The zero-order valence-electron chi connectivity index (χ0n) is 10.9. The van der Waals surface area contributed by atoms with Gasteiger partial charge in [0.25, 0.3) is 0 Å². The average molecular weight is 266 g/mol. The van der Waals surface area contributed by atoms with Crippen LogP contribution in [0.5, 0.6) is 0 Å². The van der Waals surface area contributed by atoms with Crippen molar-refractivity contribution in [2.45, 2.75) is 18.3 Å². The molecule has 1 N–H and O–H groups in total. The minimum Gasteiger partial charge on any atom is -0.481 e. The lowest BCUT2D eigenvalue weighted by Gasteiger charge is -2.14. The second kappa shape index (κ2) is 3.69. The van der Waals surface area contributed by atoms with E-state index in [0.717, 1.165) is 16.3 Å². The molecule has 0 radical (unpaired) electrons. The Morgan fingerprint density at radius 2 is 1.90 bits per heavy atom. The van der Waals surface area contributed by atoms with Crippen LogP contribution in [0.25, 0.3) is 10.8 Å². The van der Waals surface area contributed by atoms with Gasteiger partial charge in [0.2, 0.25) is 0 Å². The Labute approximate surface area is 116 Å². The largest absolute Gasteiger partial charge is 0.481 e. The number of Topliss-reactive ketones (excluding diaryl/α,β-unsaturated/α-hetero) is 1. The highest BCUT2D eigenvalue weighted by Gasteiger charge is 2.75. The maximum Gasteiger partial charge on any atom is 0.308 e. The molecule has 0 amide bonds. The van der Waals surface area contributed by atoms with Crippen LogP contribution in [-0.4, -0.2) is 16.9 Å². The third-order valence-electron chi connectivity index (χ3n) is 5.01. The molecule has 2 aliphatic carbocycles. The van der Waals surface area contributed by atoms with E-state index in [1.807, 2.05) is 42.5 Å². The number of carbonyl (C=O) groups excluding carboxylic acids is 1. The summed E-state index contributed by atoms with van der Waals surface area (Å²) < 4.78 is 0. The van der Waals surface area contributed by atoms with Gasteiger partial charge in [-0.2, -0.15) is 0 Å². The Hall–Kier alpha value is -2.16. The first-order valence-corrected chi connectivity index (χ1v) is 6.91. The number of hydrogen-bond acceptors (Lipinski definition) is 2. The summed E-state index contributed by atoms with van der Waals surface area (Å²) in [6.07, 6.45) is 1.23. The third-order valence-corrected chi connectivity index (χ3v) is 5.01. The number of carboxylic acid groups (broad SMARTS) is 1. The molecule has 100 valence electrons. The minimum atomic E-state index is -0.837. The predicted octanol–water partition coefficient (Wildman–Crippen LogP) is 2.77. The second-order valence-corrected chi connectivity index (χ2v) is 5.82. The van der Waals surface area contributed by atoms with Crippen LogP contribution in [0.3, 0.4) is 0 Å². The summed E-state index contributed by atoms with van der Waals surface area (Å²) in [5.41, 5.74) is 0.145. The molecule has 4 rings (SSSR count).